The van der Waals surface area contributed by atoms with Crippen LogP contribution in [0.3, 0.4) is 0 Å². The standard InChI is InChI=1S/C11H11N3.BF4/c1-14-8-4-10(5-9-14)2-3-11-12-6-7-13-11;2-1(3,4)5/h2-9H,1H3;/q;-1/p+1. The Morgan fingerprint density at radius 3 is 2.21 bits per heavy atom. The fourth-order valence-electron chi connectivity index (χ4n) is 1.17. The molecule has 3 nitrogen and oxygen atoms in total. The van der Waals surface area contributed by atoms with Gasteiger partial charge in [0.25, 0.3) is 0 Å². The molecule has 0 radical (unpaired) electrons. The predicted octanol–water partition coefficient (Wildman–Crippen LogP) is 2.70. The molecule has 0 amide bonds. The molecule has 0 atom stereocenters. The molecular formula is C11H12BF4N3. The molecule has 0 fully saturated rings. The summed E-state index contributed by atoms with van der Waals surface area (Å²) >= 11 is 0. The fraction of sp³-hybridized carbons (Fsp3) is 0.0909. The Morgan fingerprint density at radius 1 is 1.16 bits per heavy atom. The number of hydrogen-bond acceptors (Lipinski definition) is 1. The van der Waals surface area contributed by atoms with Crippen molar-refractivity contribution in [3.63, 3.8) is 0 Å². The molecular weight excluding hydrogens is 261 g/mol. The number of rotatable bonds is 2. The summed E-state index contributed by atoms with van der Waals surface area (Å²) in [5, 5.41) is 0. The molecule has 1 N–H and O–H groups in total. The minimum Gasteiger partial charge on any atom is -0.418 e. The van der Waals surface area contributed by atoms with Crippen molar-refractivity contribution in [2.24, 2.45) is 7.05 Å². The zero-order valence-electron chi connectivity index (χ0n) is 10.1. The number of hydrogen-bond donors (Lipinski definition) is 1. The van der Waals surface area contributed by atoms with E-state index in [1.54, 1.807) is 6.20 Å². The lowest BCUT2D eigenvalue weighted by Gasteiger charge is -1.94. The highest BCUT2D eigenvalue weighted by Crippen LogP contribution is 2.06. The van der Waals surface area contributed by atoms with Crippen molar-refractivity contribution in [1.29, 1.82) is 0 Å². The van der Waals surface area contributed by atoms with Crippen LogP contribution in [0.2, 0.25) is 0 Å². The Bertz CT molecular complexity index is 500. The van der Waals surface area contributed by atoms with Gasteiger partial charge in [0.2, 0.25) is 0 Å². The Morgan fingerprint density at radius 2 is 1.74 bits per heavy atom. The third-order valence-corrected chi connectivity index (χ3v) is 1.96. The van der Waals surface area contributed by atoms with Crippen molar-refractivity contribution < 1.29 is 21.8 Å². The molecule has 0 aliphatic heterocycles. The maximum atomic E-state index is 9.75. The molecule has 0 unspecified atom stereocenters. The molecule has 2 heterocycles. The first-order valence-corrected chi connectivity index (χ1v) is 5.34. The lowest BCUT2D eigenvalue weighted by atomic mass is 10.2. The number of imidazole rings is 1. The van der Waals surface area contributed by atoms with Crippen molar-refractivity contribution in [1.82, 2.24) is 9.97 Å². The molecule has 0 spiro atoms. The van der Waals surface area contributed by atoms with Crippen molar-refractivity contribution in [3.8, 4) is 0 Å². The van der Waals surface area contributed by atoms with Crippen LogP contribution >= 0.6 is 0 Å². The van der Waals surface area contributed by atoms with Crippen LogP contribution in [0.4, 0.5) is 17.3 Å². The minimum absolute atomic E-state index is 0.873. The van der Waals surface area contributed by atoms with E-state index in [4.69, 9.17) is 0 Å². The minimum atomic E-state index is -6.00. The quantitative estimate of drug-likeness (QED) is 0.509. The average Bonchev–Trinajstić information content (AvgIpc) is 2.79. The Balaban J connectivity index is 0.000000312. The second kappa shape index (κ2) is 6.72. The summed E-state index contributed by atoms with van der Waals surface area (Å²) in [5.41, 5.74) is 1.17. The van der Waals surface area contributed by atoms with E-state index in [0.29, 0.717) is 0 Å². The normalized spacial score (nSPS) is 11.2. The molecule has 2 aromatic heterocycles. The Labute approximate surface area is 107 Å². The van der Waals surface area contributed by atoms with Gasteiger partial charge >= 0.3 is 7.25 Å². The number of H-pyrrole nitrogens is 1. The van der Waals surface area contributed by atoms with Crippen LogP contribution in [0.25, 0.3) is 12.2 Å². The Kier molecular flexibility index (Phi) is 5.29. The summed E-state index contributed by atoms with van der Waals surface area (Å²) < 4.78 is 41.0. The number of aromatic amines is 1. The molecule has 0 bridgehead atoms. The van der Waals surface area contributed by atoms with Gasteiger partial charge < -0.3 is 22.2 Å². The van der Waals surface area contributed by atoms with Gasteiger partial charge in [0.05, 0.1) is 0 Å². The second-order valence-electron chi connectivity index (χ2n) is 3.60. The zero-order valence-corrected chi connectivity index (χ0v) is 10.1. The van der Waals surface area contributed by atoms with E-state index in [1.165, 1.54) is 5.56 Å². The van der Waals surface area contributed by atoms with E-state index in [9.17, 15) is 17.3 Å². The van der Waals surface area contributed by atoms with Crippen molar-refractivity contribution >= 4 is 19.4 Å². The largest absolute Gasteiger partial charge is 0.673 e. The van der Waals surface area contributed by atoms with Crippen LogP contribution in [0.1, 0.15) is 11.4 Å². The van der Waals surface area contributed by atoms with Crippen LogP contribution in [0.15, 0.2) is 36.9 Å². The fourth-order valence-corrected chi connectivity index (χ4v) is 1.17. The van der Waals surface area contributed by atoms with Crippen LogP contribution in [-0.4, -0.2) is 17.2 Å². The van der Waals surface area contributed by atoms with Crippen molar-refractivity contribution in [2.75, 3.05) is 0 Å². The number of aromatic nitrogens is 3. The molecule has 19 heavy (non-hydrogen) atoms. The zero-order chi connectivity index (χ0) is 14.3. The molecule has 102 valence electrons. The molecule has 2 rings (SSSR count). The third kappa shape index (κ3) is 7.75. The van der Waals surface area contributed by atoms with E-state index in [0.717, 1.165) is 5.82 Å². The maximum Gasteiger partial charge on any atom is 0.673 e. The van der Waals surface area contributed by atoms with Gasteiger partial charge in [-0.05, 0) is 11.6 Å². The highest BCUT2D eigenvalue weighted by molar-refractivity contribution is 6.50. The van der Waals surface area contributed by atoms with Gasteiger partial charge in [-0.15, -0.1) is 0 Å². The lowest BCUT2D eigenvalue weighted by Crippen LogP contribution is -2.25. The molecule has 0 saturated heterocycles. The van der Waals surface area contributed by atoms with E-state index < -0.39 is 7.25 Å². The first-order chi connectivity index (χ1) is 8.84. The van der Waals surface area contributed by atoms with Gasteiger partial charge in [-0.25, -0.2) is 9.55 Å². The number of nitrogens with zero attached hydrogens (tertiary/aromatic N) is 2. The second-order valence-corrected chi connectivity index (χ2v) is 3.60. The summed E-state index contributed by atoms with van der Waals surface area (Å²) in [7, 11) is -4.00. The molecule has 2 aromatic rings. The van der Waals surface area contributed by atoms with E-state index >= 15 is 0 Å². The summed E-state index contributed by atoms with van der Waals surface area (Å²) in [6, 6.07) is 4.11. The number of aryl methyl sites for hydroxylation is 1. The SMILES string of the molecule is C[n+]1ccc(/C=C/c2ncc[nH]2)cc1.F[B-](F)(F)F. The predicted molar refractivity (Wildman–Crippen MR) is 65.3 cm³/mol. The average molecular weight is 273 g/mol. The van der Waals surface area contributed by atoms with E-state index in [-0.39, 0.29) is 0 Å². The molecule has 8 heteroatoms. The summed E-state index contributed by atoms with van der Waals surface area (Å²) in [4.78, 5) is 7.12. The monoisotopic (exact) mass is 273 g/mol. The molecule has 0 aliphatic rings. The van der Waals surface area contributed by atoms with Crippen LogP contribution in [0, 0.1) is 0 Å². The molecule has 0 saturated carbocycles. The van der Waals surface area contributed by atoms with Gasteiger partial charge in [-0.3, -0.25) is 0 Å². The van der Waals surface area contributed by atoms with E-state index in [1.807, 2.05) is 42.4 Å². The highest BCUT2D eigenvalue weighted by atomic mass is 19.5. The van der Waals surface area contributed by atoms with Gasteiger partial charge in [-0.1, -0.05) is 6.08 Å². The van der Waals surface area contributed by atoms with Crippen LogP contribution in [0.5, 0.6) is 0 Å². The number of pyridine rings is 1. The van der Waals surface area contributed by atoms with Gasteiger partial charge in [-0.2, -0.15) is 0 Å². The topological polar surface area (TPSA) is 32.6 Å². The van der Waals surface area contributed by atoms with Crippen LogP contribution < -0.4 is 4.57 Å². The summed E-state index contributed by atoms with van der Waals surface area (Å²) in [5.74, 6) is 0.873. The third-order valence-electron chi connectivity index (χ3n) is 1.96. The Hall–Kier alpha value is -2.12. The summed E-state index contributed by atoms with van der Waals surface area (Å²) in [6.07, 6.45) is 11.6. The first-order valence-electron chi connectivity index (χ1n) is 5.34. The number of nitrogens with one attached hydrogen (secondary N) is 1. The van der Waals surface area contributed by atoms with Gasteiger partial charge in [0.15, 0.2) is 12.4 Å². The van der Waals surface area contributed by atoms with Gasteiger partial charge in [0, 0.05) is 24.5 Å². The molecule has 0 aromatic carbocycles. The summed E-state index contributed by atoms with van der Waals surface area (Å²) in [6.45, 7) is 0. The lowest BCUT2D eigenvalue weighted by molar-refractivity contribution is -0.671. The van der Waals surface area contributed by atoms with Crippen LogP contribution in [-0.2, 0) is 7.05 Å². The van der Waals surface area contributed by atoms with Crippen molar-refractivity contribution in [3.05, 3.63) is 48.3 Å². The van der Waals surface area contributed by atoms with E-state index in [2.05, 4.69) is 22.1 Å². The first kappa shape index (κ1) is 14.9. The maximum absolute atomic E-state index is 9.75. The van der Waals surface area contributed by atoms with Crippen molar-refractivity contribution in [2.45, 2.75) is 0 Å². The smallest absolute Gasteiger partial charge is 0.418 e. The number of halogens is 4. The molecule has 0 aliphatic carbocycles. The van der Waals surface area contributed by atoms with Gasteiger partial charge in [0.1, 0.15) is 12.9 Å². The highest BCUT2D eigenvalue weighted by Gasteiger charge is 2.20.